The number of hydrogen-bond donors (Lipinski definition) is 0. The van der Waals surface area contributed by atoms with E-state index in [9.17, 15) is 9.59 Å². The third kappa shape index (κ3) is 6.01. The molecule has 0 atom stereocenters. The Morgan fingerprint density at radius 3 is 1.91 bits per heavy atom. The Morgan fingerprint density at radius 1 is 1.00 bits per heavy atom. The maximum absolute atomic E-state index is 11.1. The smallest absolute Gasteiger partial charge is 0.160 e. The summed E-state index contributed by atoms with van der Waals surface area (Å²) in [5.74, 6) is 0.0283. The number of rotatable bonds is 3. The van der Waals surface area contributed by atoms with Crippen molar-refractivity contribution < 1.29 is 9.59 Å². The molecule has 0 aromatic carbocycles. The largest absolute Gasteiger partial charge is 0.294 e. The van der Waals surface area contributed by atoms with Crippen LogP contribution >= 0.6 is 39.1 Å². The molecule has 0 aliphatic heterocycles. The van der Waals surface area contributed by atoms with Gasteiger partial charge in [-0.05, 0) is 44.0 Å². The van der Waals surface area contributed by atoms with Crippen LogP contribution < -0.4 is 0 Å². The predicted molar refractivity (Wildman–Crippen MR) is 95.9 cm³/mol. The van der Waals surface area contributed by atoms with Crippen molar-refractivity contribution in [2.24, 2.45) is 0 Å². The van der Waals surface area contributed by atoms with E-state index in [0.717, 1.165) is 11.1 Å². The standard InChI is InChI=1S/C8H7BrClNO.C8H8ClNO/c1-5(12)7-2-8(10)11-4-6(7)3-9;1-5-4-10-8(9)3-7(5)6(2)11/h2,4H,3H2,1H3;3-4H,1-2H3. The summed E-state index contributed by atoms with van der Waals surface area (Å²) >= 11 is 14.5. The van der Waals surface area contributed by atoms with Crippen LogP contribution in [0.15, 0.2) is 24.5 Å². The summed E-state index contributed by atoms with van der Waals surface area (Å²) in [6.07, 6.45) is 3.20. The van der Waals surface area contributed by atoms with E-state index in [4.69, 9.17) is 23.2 Å². The van der Waals surface area contributed by atoms with Crippen LogP contribution in [-0.2, 0) is 5.33 Å². The Labute approximate surface area is 153 Å². The SMILES string of the molecule is CC(=O)c1cc(Cl)ncc1C.CC(=O)c1cc(Cl)ncc1CBr. The highest BCUT2D eigenvalue weighted by Gasteiger charge is 2.07. The summed E-state index contributed by atoms with van der Waals surface area (Å²) in [4.78, 5) is 29.7. The topological polar surface area (TPSA) is 59.9 Å². The zero-order valence-electron chi connectivity index (χ0n) is 12.9. The summed E-state index contributed by atoms with van der Waals surface area (Å²) in [6.45, 7) is 4.86. The second-order valence-electron chi connectivity index (χ2n) is 4.73. The van der Waals surface area contributed by atoms with E-state index in [1.54, 1.807) is 24.5 Å². The fraction of sp³-hybridized carbons (Fsp3) is 0.250. The lowest BCUT2D eigenvalue weighted by molar-refractivity contribution is 0.100. The van der Waals surface area contributed by atoms with Gasteiger partial charge in [0.2, 0.25) is 0 Å². The van der Waals surface area contributed by atoms with Gasteiger partial charge in [-0.25, -0.2) is 9.97 Å². The van der Waals surface area contributed by atoms with Gasteiger partial charge in [0.15, 0.2) is 11.6 Å². The summed E-state index contributed by atoms with van der Waals surface area (Å²) in [7, 11) is 0. The van der Waals surface area contributed by atoms with Crippen LogP contribution in [0.25, 0.3) is 0 Å². The molecule has 122 valence electrons. The van der Waals surface area contributed by atoms with Crippen molar-refractivity contribution in [3.05, 3.63) is 57.1 Å². The van der Waals surface area contributed by atoms with E-state index in [-0.39, 0.29) is 11.6 Å². The molecule has 4 nitrogen and oxygen atoms in total. The monoisotopic (exact) mass is 416 g/mol. The van der Waals surface area contributed by atoms with Crippen molar-refractivity contribution in [2.75, 3.05) is 0 Å². The van der Waals surface area contributed by atoms with E-state index in [1.165, 1.54) is 13.8 Å². The quantitative estimate of drug-likeness (QED) is 0.397. The molecule has 2 heterocycles. The van der Waals surface area contributed by atoms with Gasteiger partial charge in [-0.3, -0.25) is 9.59 Å². The molecular formula is C16H15BrCl2N2O2. The van der Waals surface area contributed by atoms with Crippen LogP contribution in [-0.4, -0.2) is 21.5 Å². The Morgan fingerprint density at radius 2 is 1.48 bits per heavy atom. The number of hydrogen-bond acceptors (Lipinski definition) is 4. The molecule has 0 N–H and O–H groups in total. The first-order chi connectivity index (χ1) is 10.8. The number of carbonyl (C=O) groups is 2. The normalized spacial score (nSPS) is 9.83. The zero-order chi connectivity index (χ0) is 17.6. The molecule has 7 heteroatoms. The van der Waals surface area contributed by atoms with Gasteiger partial charge in [0.05, 0.1) is 0 Å². The Balaban J connectivity index is 0.000000231. The van der Waals surface area contributed by atoms with Gasteiger partial charge in [0.1, 0.15) is 10.3 Å². The highest BCUT2D eigenvalue weighted by Crippen LogP contribution is 2.16. The van der Waals surface area contributed by atoms with Crippen molar-refractivity contribution in [3.63, 3.8) is 0 Å². The minimum Gasteiger partial charge on any atom is -0.294 e. The first kappa shape index (κ1) is 19.7. The molecule has 0 bridgehead atoms. The van der Waals surface area contributed by atoms with Crippen LogP contribution in [0.3, 0.4) is 0 Å². The van der Waals surface area contributed by atoms with Crippen molar-refractivity contribution in [1.82, 2.24) is 9.97 Å². The zero-order valence-corrected chi connectivity index (χ0v) is 16.0. The lowest BCUT2D eigenvalue weighted by atomic mass is 10.1. The molecule has 0 saturated heterocycles. The second-order valence-corrected chi connectivity index (χ2v) is 6.07. The first-order valence-electron chi connectivity index (χ1n) is 6.60. The van der Waals surface area contributed by atoms with E-state index < -0.39 is 0 Å². The molecule has 0 aliphatic carbocycles. The Hall–Kier alpha value is -1.30. The average molecular weight is 418 g/mol. The summed E-state index contributed by atoms with van der Waals surface area (Å²) in [6, 6.07) is 3.17. The number of pyridine rings is 2. The molecule has 0 fully saturated rings. The Kier molecular flexibility index (Phi) is 7.82. The van der Waals surface area contributed by atoms with Gasteiger partial charge in [-0.15, -0.1) is 0 Å². The number of Topliss-reactive ketones (excluding diaryl/α,β-unsaturated/α-hetero) is 2. The number of ketones is 2. The molecule has 0 aliphatic rings. The fourth-order valence-corrected chi connectivity index (χ4v) is 2.53. The van der Waals surface area contributed by atoms with Gasteiger partial charge in [-0.1, -0.05) is 39.1 Å². The number of nitrogens with zero attached hydrogens (tertiary/aromatic N) is 2. The molecule has 0 spiro atoms. The van der Waals surface area contributed by atoms with Crippen LogP contribution in [0, 0.1) is 6.92 Å². The van der Waals surface area contributed by atoms with Crippen LogP contribution in [0.4, 0.5) is 0 Å². The number of alkyl halides is 1. The van der Waals surface area contributed by atoms with Crippen molar-refractivity contribution in [3.8, 4) is 0 Å². The van der Waals surface area contributed by atoms with Gasteiger partial charge < -0.3 is 0 Å². The molecule has 2 rings (SSSR count). The van der Waals surface area contributed by atoms with Gasteiger partial charge in [0.25, 0.3) is 0 Å². The van der Waals surface area contributed by atoms with E-state index >= 15 is 0 Å². The first-order valence-corrected chi connectivity index (χ1v) is 8.48. The predicted octanol–water partition coefficient (Wildman–Crippen LogP) is 5.08. The molecule has 0 amide bonds. The van der Waals surface area contributed by atoms with Crippen LogP contribution in [0.5, 0.6) is 0 Å². The van der Waals surface area contributed by atoms with Gasteiger partial charge >= 0.3 is 0 Å². The third-order valence-corrected chi connectivity index (χ3v) is 3.94. The Bertz CT molecular complexity index is 736. The molecule has 0 radical (unpaired) electrons. The molecule has 0 saturated carbocycles. The van der Waals surface area contributed by atoms with E-state index in [0.29, 0.717) is 26.8 Å². The van der Waals surface area contributed by atoms with Gasteiger partial charge in [0, 0.05) is 28.9 Å². The van der Waals surface area contributed by atoms with Crippen LogP contribution in [0.2, 0.25) is 10.3 Å². The maximum atomic E-state index is 11.1. The fourth-order valence-electron chi connectivity index (χ4n) is 1.77. The van der Waals surface area contributed by atoms with E-state index in [2.05, 4.69) is 25.9 Å². The third-order valence-electron chi connectivity index (χ3n) is 2.93. The molecule has 2 aromatic rings. The van der Waals surface area contributed by atoms with Crippen molar-refractivity contribution >= 4 is 50.7 Å². The van der Waals surface area contributed by atoms with Crippen LogP contribution in [0.1, 0.15) is 45.7 Å². The summed E-state index contributed by atoms with van der Waals surface area (Å²) < 4.78 is 0. The lowest BCUT2D eigenvalue weighted by Gasteiger charge is -2.02. The number of halogens is 3. The molecular weight excluding hydrogens is 403 g/mol. The van der Waals surface area contributed by atoms with Gasteiger partial charge in [-0.2, -0.15) is 0 Å². The van der Waals surface area contributed by atoms with Crippen molar-refractivity contribution in [1.29, 1.82) is 0 Å². The number of aryl methyl sites for hydroxylation is 1. The highest BCUT2D eigenvalue weighted by atomic mass is 79.9. The molecule has 23 heavy (non-hydrogen) atoms. The highest BCUT2D eigenvalue weighted by molar-refractivity contribution is 9.08. The second kappa shape index (κ2) is 9.11. The van der Waals surface area contributed by atoms with E-state index in [1.807, 2.05) is 6.92 Å². The molecule has 0 unspecified atom stereocenters. The maximum Gasteiger partial charge on any atom is 0.160 e. The number of carbonyl (C=O) groups excluding carboxylic acids is 2. The molecule has 2 aromatic heterocycles. The lowest BCUT2D eigenvalue weighted by Crippen LogP contribution is -1.98. The van der Waals surface area contributed by atoms with Crippen molar-refractivity contribution in [2.45, 2.75) is 26.1 Å². The summed E-state index contributed by atoms with van der Waals surface area (Å²) in [5, 5.41) is 1.33. The number of aromatic nitrogens is 2. The minimum atomic E-state index is 0.00810. The summed E-state index contributed by atoms with van der Waals surface area (Å²) in [5.41, 5.74) is 3.01. The average Bonchev–Trinajstić information content (AvgIpc) is 2.50. The minimum absolute atomic E-state index is 0.00810.